The highest BCUT2D eigenvalue weighted by atomic mass is 16.3. The van der Waals surface area contributed by atoms with Crippen molar-refractivity contribution in [1.29, 1.82) is 0 Å². The molecule has 0 aromatic heterocycles. The minimum atomic E-state index is 0.00733. The second-order valence-corrected chi connectivity index (χ2v) is 8.73. The zero-order valence-electron chi connectivity index (χ0n) is 13.0. The van der Waals surface area contributed by atoms with Gasteiger partial charge in [0.05, 0.1) is 6.10 Å². The Bertz CT molecular complexity index is 414. The van der Waals surface area contributed by atoms with Gasteiger partial charge in [-0.15, -0.1) is 0 Å². The van der Waals surface area contributed by atoms with Crippen molar-refractivity contribution in [2.75, 3.05) is 0 Å². The van der Waals surface area contributed by atoms with E-state index in [9.17, 15) is 5.11 Å². The second kappa shape index (κ2) is 4.60. The fourth-order valence-corrected chi connectivity index (χ4v) is 6.79. The van der Waals surface area contributed by atoms with Crippen LogP contribution < -0.4 is 0 Å². The van der Waals surface area contributed by atoms with E-state index in [2.05, 4.69) is 13.5 Å². The third kappa shape index (κ3) is 1.92. The molecule has 0 aromatic carbocycles. The Morgan fingerprint density at radius 1 is 1.05 bits per heavy atom. The van der Waals surface area contributed by atoms with Crippen molar-refractivity contribution >= 4 is 0 Å². The van der Waals surface area contributed by atoms with Crippen LogP contribution in [0.1, 0.15) is 64.7 Å². The summed E-state index contributed by atoms with van der Waals surface area (Å²) in [5.74, 6) is 4.67. The maximum atomic E-state index is 9.96. The van der Waals surface area contributed by atoms with E-state index in [1.807, 2.05) is 0 Å². The van der Waals surface area contributed by atoms with Crippen LogP contribution in [0.3, 0.4) is 0 Å². The lowest BCUT2D eigenvalue weighted by Crippen LogP contribution is -2.47. The molecule has 0 bridgehead atoms. The van der Waals surface area contributed by atoms with Gasteiger partial charge in [0, 0.05) is 0 Å². The van der Waals surface area contributed by atoms with Crippen LogP contribution in [-0.4, -0.2) is 11.2 Å². The lowest BCUT2D eigenvalue weighted by molar-refractivity contribution is -0.0675. The summed E-state index contributed by atoms with van der Waals surface area (Å²) in [6.45, 7) is 6.86. The molecule has 1 N–H and O–H groups in total. The van der Waals surface area contributed by atoms with Gasteiger partial charge in [0.25, 0.3) is 0 Å². The van der Waals surface area contributed by atoms with E-state index in [0.717, 1.165) is 42.4 Å². The number of hydrogen-bond donors (Lipinski definition) is 1. The van der Waals surface area contributed by atoms with Gasteiger partial charge < -0.3 is 5.11 Å². The van der Waals surface area contributed by atoms with Crippen molar-refractivity contribution in [2.24, 2.45) is 35.0 Å². The summed E-state index contributed by atoms with van der Waals surface area (Å²) in [5.41, 5.74) is 2.11. The molecule has 7 atom stereocenters. The molecule has 0 saturated heterocycles. The highest BCUT2D eigenvalue weighted by Crippen LogP contribution is 2.63. The number of allylic oxidation sites excluding steroid dienone is 1. The molecule has 20 heavy (non-hydrogen) atoms. The van der Waals surface area contributed by atoms with Gasteiger partial charge in [0.1, 0.15) is 0 Å². The molecule has 0 amide bonds. The van der Waals surface area contributed by atoms with Crippen molar-refractivity contribution in [3.05, 3.63) is 12.2 Å². The fourth-order valence-electron chi connectivity index (χ4n) is 6.79. The van der Waals surface area contributed by atoms with Crippen molar-refractivity contribution in [2.45, 2.75) is 70.8 Å². The number of hydrogen-bond acceptors (Lipinski definition) is 1. The van der Waals surface area contributed by atoms with Crippen LogP contribution in [-0.2, 0) is 0 Å². The van der Waals surface area contributed by atoms with Gasteiger partial charge in [-0.05, 0) is 92.8 Å². The largest absolute Gasteiger partial charge is 0.393 e. The van der Waals surface area contributed by atoms with Crippen LogP contribution in [0, 0.1) is 35.0 Å². The van der Waals surface area contributed by atoms with Gasteiger partial charge in [-0.3, -0.25) is 0 Å². The summed E-state index contributed by atoms with van der Waals surface area (Å²) in [6, 6.07) is 0. The summed E-state index contributed by atoms with van der Waals surface area (Å²) in [6.07, 6.45) is 11.8. The number of aliphatic hydroxyl groups is 1. The minimum absolute atomic E-state index is 0.00733. The maximum absolute atomic E-state index is 9.96. The zero-order chi connectivity index (χ0) is 13.9. The molecule has 4 aliphatic carbocycles. The molecule has 0 aliphatic heterocycles. The lowest BCUT2D eigenvalue weighted by Gasteiger charge is -2.55. The standard InChI is InChI=1S/C19H30O/c1-12-9-18-17-5-3-13-10-14(20)4-6-15(13)16(17)7-8-19(18,2)11-12/h13-18,20H,1,3-11H2,2H3/t13-,14-,15+,16-,17-,18+,19-/m0/s1. The monoisotopic (exact) mass is 274 g/mol. The average Bonchev–Trinajstić information content (AvgIpc) is 2.72. The minimum Gasteiger partial charge on any atom is -0.393 e. The molecule has 1 nitrogen and oxygen atoms in total. The van der Waals surface area contributed by atoms with Gasteiger partial charge in [0.15, 0.2) is 0 Å². The summed E-state index contributed by atoms with van der Waals surface area (Å²) < 4.78 is 0. The Morgan fingerprint density at radius 3 is 2.70 bits per heavy atom. The van der Waals surface area contributed by atoms with Gasteiger partial charge in [0.2, 0.25) is 0 Å². The molecule has 1 heteroatoms. The number of aliphatic hydroxyl groups excluding tert-OH is 1. The van der Waals surface area contributed by atoms with Crippen molar-refractivity contribution in [1.82, 2.24) is 0 Å². The quantitative estimate of drug-likeness (QED) is 0.642. The Hall–Kier alpha value is -0.300. The molecule has 0 aromatic rings. The first-order valence-corrected chi connectivity index (χ1v) is 8.91. The van der Waals surface area contributed by atoms with E-state index in [0.29, 0.717) is 5.41 Å². The molecule has 0 spiro atoms. The molecular formula is C19H30O. The van der Waals surface area contributed by atoms with Crippen molar-refractivity contribution < 1.29 is 5.11 Å². The van der Waals surface area contributed by atoms with Gasteiger partial charge in [-0.1, -0.05) is 19.1 Å². The molecule has 4 rings (SSSR count). The second-order valence-electron chi connectivity index (χ2n) is 8.73. The first-order valence-electron chi connectivity index (χ1n) is 8.91. The normalized spacial score (nSPS) is 55.0. The Morgan fingerprint density at radius 2 is 1.85 bits per heavy atom. The van der Waals surface area contributed by atoms with Crippen LogP contribution >= 0.6 is 0 Å². The van der Waals surface area contributed by atoms with Crippen LogP contribution in [0.5, 0.6) is 0 Å². The van der Waals surface area contributed by atoms with Crippen LogP contribution in [0.2, 0.25) is 0 Å². The van der Waals surface area contributed by atoms with E-state index < -0.39 is 0 Å². The Kier molecular flexibility index (Phi) is 3.07. The zero-order valence-corrected chi connectivity index (χ0v) is 13.0. The molecule has 0 radical (unpaired) electrons. The predicted octanol–water partition coefficient (Wildman–Crippen LogP) is 4.56. The number of fused-ring (bicyclic) bond motifs is 5. The summed E-state index contributed by atoms with van der Waals surface area (Å²) in [5, 5.41) is 9.96. The van der Waals surface area contributed by atoms with Crippen LogP contribution in [0.25, 0.3) is 0 Å². The smallest absolute Gasteiger partial charge is 0.0543 e. The molecule has 4 aliphatic rings. The Labute approximate surface area is 123 Å². The fraction of sp³-hybridized carbons (Fsp3) is 0.895. The van der Waals surface area contributed by atoms with Crippen LogP contribution in [0.15, 0.2) is 12.2 Å². The van der Waals surface area contributed by atoms with Crippen molar-refractivity contribution in [3.8, 4) is 0 Å². The van der Waals surface area contributed by atoms with E-state index in [1.165, 1.54) is 50.5 Å². The molecular weight excluding hydrogens is 244 g/mol. The molecule has 0 unspecified atom stereocenters. The third-order valence-corrected chi connectivity index (χ3v) is 7.61. The number of rotatable bonds is 0. The van der Waals surface area contributed by atoms with E-state index >= 15 is 0 Å². The van der Waals surface area contributed by atoms with Gasteiger partial charge in [-0.25, -0.2) is 0 Å². The summed E-state index contributed by atoms with van der Waals surface area (Å²) in [4.78, 5) is 0. The van der Waals surface area contributed by atoms with E-state index in [1.54, 1.807) is 0 Å². The first kappa shape index (κ1) is 13.4. The molecule has 112 valence electrons. The summed E-state index contributed by atoms with van der Waals surface area (Å²) >= 11 is 0. The highest BCUT2D eigenvalue weighted by molar-refractivity contribution is 5.15. The van der Waals surface area contributed by atoms with Gasteiger partial charge >= 0.3 is 0 Å². The van der Waals surface area contributed by atoms with E-state index in [-0.39, 0.29) is 6.10 Å². The van der Waals surface area contributed by atoms with E-state index in [4.69, 9.17) is 0 Å². The third-order valence-electron chi connectivity index (χ3n) is 7.61. The molecule has 0 heterocycles. The topological polar surface area (TPSA) is 20.2 Å². The average molecular weight is 274 g/mol. The molecule has 4 saturated carbocycles. The first-order chi connectivity index (χ1) is 9.57. The predicted molar refractivity (Wildman–Crippen MR) is 82.3 cm³/mol. The highest BCUT2D eigenvalue weighted by Gasteiger charge is 2.54. The molecule has 4 fully saturated rings. The summed E-state index contributed by atoms with van der Waals surface area (Å²) in [7, 11) is 0. The van der Waals surface area contributed by atoms with Gasteiger partial charge in [-0.2, -0.15) is 0 Å². The maximum Gasteiger partial charge on any atom is 0.0543 e. The van der Waals surface area contributed by atoms with Crippen LogP contribution in [0.4, 0.5) is 0 Å². The SMILES string of the molecule is C=C1C[C@@H]2[C@H]3CC[C@H]4C[C@@H](O)CC[C@H]4[C@@H]3CC[C@@]2(C)C1. The van der Waals surface area contributed by atoms with Crippen molar-refractivity contribution in [3.63, 3.8) is 0 Å². The lowest BCUT2D eigenvalue weighted by atomic mass is 9.50. The Balaban J connectivity index is 1.57.